The van der Waals surface area contributed by atoms with E-state index in [0.29, 0.717) is 5.92 Å². The van der Waals surface area contributed by atoms with E-state index < -0.39 is 0 Å². The molecule has 1 saturated heterocycles. The first-order chi connectivity index (χ1) is 8.65. The van der Waals surface area contributed by atoms with E-state index in [9.17, 15) is 0 Å². The second-order valence-electron chi connectivity index (χ2n) is 5.14. The molecule has 1 atom stereocenters. The summed E-state index contributed by atoms with van der Waals surface area (Å²) in [6, 6.07) is 0. The molecule has 2 N–H and O–H groups in total. The third-order valence-corrected chi connectivity index (χ3v) is 4.25. The molecule has 1 aromatic heterocycles. The van der Waals surface area contributed by atoms with Gasteiger partial charge >= 0.3 is 0 Å². The Morgan fingerprint density at radius 3 is 2.94 bits per heavy atom. The van der Waals surface area contributed by atoms with Crippen LogP contribution < -0.4 is 5.73 Å². The van der Waals surface area contributed by atoms with Crippen molar-refractivity contribution in [3.63, 3.8) is 0 Å². The highest BCUT2D eigenvalue weighted by Crippen LogP contribution is 2.24. The summed E-state index contributed by atoms with van der Waals surface area (Å²) in [6.45, 7) is 8.85. The van der Waals surface area contributed by atoms with Crippen molar-refractivity contribution in [1.29, 1.82) is 0 Å². The van der Waals surface area contributed by atoms with Crippen molar-refractivity contribution < 1.29 is 0 Å². The zero-order valence-corrected chi connectivity index (χ0v) is 12.1. The van der Waals surface area contributed by atoms with Crippen molar-refractivity contribution in [3.8, 4) is 0 Å². The summed E-state index contributed by atoms with van der Waals surface area (Å²) in [5.41, 5.74) is 7.86. The monoisotopic (exact) mass is 270 g/mol. The fourth-order valence-electron chi connectivity index (χ4n) is 2.72. The molecule has 2 rings (SSSR count). The van der Waals surface area contributed by atoms with Crippen LogP contribution in [0.15, 0.2) is 0 Å². The first-order valence-electron chi connectivity index (χ1n) is 6.79. The largest absolute Gasteiger partial charge is 0.330 e. The van der Waals surface area contributed by atoms with Crippen LogP contribution in [0.5, 0.6) is 0 Å². The molecule has 0 bridgehead atoms. The number of piperidine rings is 1. The minimum Gasteiger partial charge on any atom is -0.330 e. The Morgan fingerprint density at radius 2 is 2.28 bits per heavy atom. The quantitative estimate of drug-likeness (QED) is 0.911. The van der Waals surface area contributed by atoms with Gasteiger partial charge in [0.15, 0.2) is 0 Å². The lowest BCUT2D eigenvalue weighted by Gasteiger charge is -2.32. The van der Waals surface area contributed by atoms with Crippen LogP contribution in [0.4, 0.5) is 0 Å². The number of hydrogen-bond donors (Lipinski definition) is 1. The van der Waals surface area contributed by atoms with E-state index in [1.54, 1.807) is 0 Å². The van der Waals surface area contributed by atoms with E-state index in [1.807, 2.05) is 11.6 Å². The predicted molar refractivity (Wildman–Crippen MR) is 74.7 cm³/mol. The van der Waals surface area contributed by atoms with Gasteiger partial charge in [-0.15, -0.1) is 0 Å². The summed E-state index contributed by atoms with van der Waals surface area (Å²) in [6.07, 6.45) is 2.49. The molecule has 1 aromatic rings. The number of nitrogens with two attached hydrogens (primary N) is 1. The van der Waals surface area contributed by atoms with Gasteiger partial charge in [-0.25, -0.2) is 0 Å². The highest BCUT2D eigenvalue weighted by atomic mass is 35.5. The minimum absolute atomic E-state index is 0.636. The number of rotatable bonds is 4. The molecule has 1 unspecified atom stereocenters. The molecule has 4 nitrogen and oxygen atoms in total. The number of hydrogen-bond acceptors (Lipinski definition) is 3. The van der Waals surface area contributed by atoms with E-state index in [1.165, 1.54) is 12.8 Å². The Kier molecular flexibility index (Phi) is 4.65. The van der Waals surface area contributed by atoms with Crippen molar-refractivity contribution >= 4 is 11.6 Å². The Labute approximate surface area is 114 Å². The molecule has 0 radical (unpaired) electrons. The number of halogens is 1. The van der Waals surface area contributed by atoms with Crippen molar-refractivity contribution in [2.24, 2.45) is 11.7 Å². The second-order valence-corrected chi connectivity index (χ2v) is 5.52. The van der Waals surface area contributed by atoms with Crippen LogP contribution in [-0.4, -0.2) is 34.3 Å². The first-order valence-corrected chi connectivity index (χ1v) is 7.17. The minimum atomic E-state index is 0.636. The van der Waals surface area contributed by atoms with Gasteiger partial charge < -0.3 is 5.73 Å². The normalized spacial score (nSPS) is 21.4. The number of aryl methyl sites for hydroxylation is 2. The third-order valence-electron chi connectivity index (χ3n) is 3.76. The summed E-state index contributed by atoms with van der Waals surface area (Å²) >= 11 is 6.35. The lowest BCUT2D eigenvalue weighted by Crippen LogP contribution is -2.38. The molecule has 18 heavy (non-hydrogen) atoms. The fraction of sp³-hybridized carbons (Fsp3) is 0.769. The molecule has 2 heterocycles. The number of nitrogens with zero attached hydrogens (tertiary/aromatic N) is 3. The SMILES string of the molecule is CCn1nc(C)c(Cl)c1CN1CCCC(CN)C1. The number of aromatic nitrogens is 2. The Balaban J connectivity index is 2.08. The maximum Gasteiger partial charge on any atom is 0.0860 e. The lowest BCUT2D eigenvalue weighted by molar-refractivity contribution is 0.167. The molecular weight excluding hydrogens is 248 g/mol. The van der Waals surface area contributed by atoms with Crippen molar-refractivity contribution in [2.45, 2.75) is 39.8 Å². The van der Waals surface area contributed by atoms with E-state index in [-0.39, 0.29) is 0 Å². The predicted octanol–water partition coefficient (Wildman–Crippen LogP) is 2.04. The first kappa shape index (κ1) is 13.8. The average molecular weight is 271 g/mol. The summed E-state index contributed by atoms with van der Waals surface area (Å²) in [7, 11) is 0. The number of likely N-dealkylation sites (tertiary alicyclic amines) is 1. The van der Waals surface area contributed by atoms with E-state index in [2.05, 4.69) is 16.9 Å². The topological polar surface area (TPSA) is 47.1 Å². The molecule has 0 aliphatic carbocycles. The molecular formula is C13H23ClN4. The van der Waals surface area contributed by atoms with Crippen molar-refractivity contribution in [3.05, 3.63) is 16.4 Å². The molecule has 0 amide bonds. The second kappa shape index (κ2) is 6.04. The zero-order valence-electron chi connectivity index (χ0n) is 11.3. The molecule has 102 valence electrons. The van der Waals surface area contributed by atoms with Crippen LogP contribution in [0.1, 0.15) is 31.2 Å². The van der Waals surface area contributed by atoms with E-state index in [4.69, 9.17) is 17.3 Å². The highest BCUT2D eigenvalue weighted by Gasteiger charge is 2.21. The van der Waals surface area contributed by atoms with Crippen LogP contribution in [0.2, 0.25) is 5.02 Å². The maximum atomic E-state index is 6.35. The van der Waals surface area contributed by atoms with Gasteiger partial charge in [0, 0.05) is 19.6 Å². The Morgan fingerprint density at radius 1 is 1.50 bits per heavy atom. The van der Waals surface area contributed by atoms with Gasteiger partial charge in [-0.05, 0) is 45.7 Å². The van der Waals surface area contributed by atoms with E-state index >= 15 is 0 Å². The van der Waals surface area contributed by atoms with Gasteiger partial charge in [-0.1, -0.05) is 11.6 Å². The molecule has 0 saturated carbocycles. The molecule has 5 heteroatoms. The smallest absolute Gasteiger partial charge is 0.0860 e. The van der Waals surface area contributed by atoms with E-state index in [0.717, 1.165) is 49.1 Å². The summed E-state index contributed by atoms with van der Waals surface area (Å²) in [5, 5.41) is 5.29. The zero-order chi connectivity index (χ0) is 13.1. The third kappa shape index (κ3) is 2.87. The van der Waals surface area contributed by atoms with Crippen LogP contribution in [0.25, 0.3) is 0 Å². The Bertz CT molecular complexity index is 402. The Hall–Kier alpha value is -0.580. The molecule has 1 aliphatic rings. The maximum absolute atomic E-state index is 6.35. The van der Waals surface area contributed by atoms with Crippen LogP contribution in [-0.2, 0) is 13.1 Å². The van der Waals surface area contributed by atoms with Crippen LogP contribution >= 0.6 is 11.6 Å². The summed E-state index contributed by atoms with van der Waals surface area (Å²) < 4.78 is 2.02. The molecule has 0 spiro atoms. The van der Waals surface area contributed by atoms with Gasteiger partial charge in [-0.2, -0.15) is 5.10 Å². The van der Waals surface area contributed by atoms with Crippen molar-refractivity contribution in [2.75, 3.05) is 19.6 Å². The van der Waals surface area contributed by atoms with Gasteiger partial charge in [0.25, 0.3) is 0 Å². The lowest BCUT2D eigenvalue weighted by atomic mass is 9.98. The van der Waals surface area contributed by atoms with Crippen LogP contribution in [0.3, 0.4) is 0 Å². The highest BCUT2D eigenvalue weighted by molar-refractivity contribution is 6.31. The standard InChI is InChI=1S/C13H23ClN4/c1-3-18-12(13(14)10(2)16-18)9-17-6-4-5-11(7-15)8-17/h11H,3-9,15H2,1-2H3. The average Bonchev–Trinajstić information content (AvgIpc) is 2.67. The molecule has 1 aliphatic heterocycles. The summed E-state index contributed by atoms with van der Waals surface area (Å²) in [4.78, 5) is 2.45. The van der Waals surface area contributed by atoms with Gasteiger partial charge in [0.2, 0.25) is 0 Å². The molecule has 0 aromatic carbocycles. The van der Waals surface area contributed by atoms with Gasteiger partial charge in [-0.3, -0.25) is 9.58 Å². The van der Waals surface area contributed by atoms with Crippen molar-refractivity contribution in [1.82, 2.24) is 14.7 Å². The van der Waals surface area contributed by atoms with Crippen LogP contribution in [0, 0.1) is 12.8 Å². The van der Waals surface area contributed by atoms with Gasteiger partial charge in [0.05, 0.1) is 16.4 Å². The molecule has 1 fully saturated rings. The van der Waals surface area contributed by atoms with Gasteiger partial charge in [0.1, 0.15) is 0 Å². The fourth-order valence-corrected chi connectivity index (χ4v) is 2.91. The summed E-state index contributed by atoms with van der Waals surface area (Å²) in [5.74, 6) is 0.636.